The largest absolute Gasteiger partial charge is 0.326 e. The molecule has 128 valence electrons. The predicted molar refractivity (Wildman–Crippen MR) is 93.9 cm³/mol. The Bertz CT molecular complexity index is 815. The lowest BCUT2D eigenvalue weighted by Gasteiger charge is -2.24. The van der Waals surface area contributed by atoms with Crippen LogP contribution in [0.25, 0.3) is 0 Å². The van der Waals surface area contributed by atoms with Gasteiger partial charge in [-0.1, -0.05) is 37.3 Å². The van der Waals surface area contributed by atoms with Crippen molar-refractivity contribution >= 4 is 23.4 Å². The van der Waals surface area contributed by atoms with Gasteiger partial charge in [-0.15, -0.1) is 0 Å². The van der Waals surface area contributed by atoms with Gasteiger partial charge in [-0.2, -0.15) is 0 Å². The van der Waals surface area contributed by atoms with Crippen LogP contribution in [-0.2, 0) is 16.0 Å². The van der Waals surface area contributed by atoms with Crippen LogP contribution >= 0.6 is 0 Å². The van der Waals surface area contributed by atoms with E-state index in [1.54, 1.807) is 30.3 Å². The molecule has 2 aromatic rings. The van der Waals surface area contributed by atoms with Crippen LogP contribution in [-0.4, -0.2) is 17.7 Å². The third-order valence-corrected chi connectivity index (χ3v) is 4.24. The molecule has 3 N–H and O–H groups in total. The molecule has 0 saturated carbocycles. The van der Waals surface area contributed by atoms with E-state index in [2.05, 4.69) is 16.2 Å². The zero-order valence-electron chi connectivity index (χ0n) is 13.8. The van der Waals surface area contributed by atoms with Gasteiger partial charge in [0.25, 0.3) is 5.91 Å². The number of hydrogen-bond donors (Lipinski definition) is 3. The third-order valence-electron chi connectivity index (χ3n) is 4.24. The van der Waals surface area contributed by atoms with Gasteiger partial charge in [-0.25, -0.2) is 0 Å². The van der Waals surface area contributed by atoms with Gasteiger partial charge in [0.2, 0.25) is 11.8 Å². The summed E-state index contributed by atoms with van der Waals surface area (Å²) < 4.78 is 0. The number of carbonyl (C=O) groups is 3. The Kier molecular flexibility index (Phi) is 4.79. The molecule has 1 atom stereocenters. The smallest absolute Gasteiger partial charge is 0.269 e. The number of hydrazine groups is 1. The number of nitrogens with one attached hydrogen (secondary N) is 3. The molecule has 6 heteroatoms. The van der Waals surface area contributed by atoms with Crippen molar-refractivity contribution in [2.75, 3.05) is 5.32 Å². The third kappa shape index (κ3) is 3.68. The van der Waals surface area contributed by atoms with E-state index in [1.165, 1.54) is 0 Å². The molecule has 0 spiro atoms. The van der Waals surface area contributed by atoms with E-state index in [-0.39, 0.29) is 12.3 Å². The summed E-state index contributed by atoms with van der Waals surface area (Å²) in [7, 11) is 0. The number of para-hydroxylation sites is 1. The first-order valence-electron chi connectivity index (χ1n) is 8.16. The normalized spacial score (nSPS) is 15.7. The second-order valence-corrected chi connectivity index (χ2v) is 5.89. The van der Waals surface area contributed by atoms with Crippen molar-refractivity contribution < 1.29 is 14.4 Å². The first-order chi connectivity index (χ1) is 12.1. The minimum absolute atomic E-state index is 0.0455. The molecule has 0 radical (unpaired) electrons. The van der Waals surface area contributed by atoms with Crippen molar-refractivity contribution in [1.29, 1.82) is 0 Å². The van der Waals surface area contributed by atoms with Gasteiger partial charge in [0.15, 0.2) is 0 Å². The Hall–Kier alpha value is -3.15. The number of aryl methyl sites for hydroxylation is 1. The molecule has 1 unspecified atom stereocenters. The second kappa shape index (κ2) is 7.17. The van der Waals surface area contributed by atoms with Gasteiger partial charge in [0.05, 0.1) is 5.92 Å². The topological polar surface area (TPSA) is 87.3 Å². The van der Waals surface area contributed by atoms with Crippen LogP contribution in [0.3, 0.4) is 0 Å². The molecular formula is C19H19N3O3. The van der Waals surface area contributed by atoms with Crippen LogP contribution in [0.1, 0.15) is 40.7 Å². The summed E-state index contributed by atoms with van der Waals surface area (Å²) in [6, 6.07) is 14.3. The fraction of sp³-hybridized carbons (Fsp3) is 0.211. The maximum Gasteiger partial charge on any atom is 0.269 e. The van der Waals surface area contributed by atoms with E-state index in [1.807, 2.05) is 25.1 Å². The van der Waals surface area contributed by atoms with E-state index in [0.29, 0.717) is 11.3 Å². The Labute approximate surface area is 145 Å². The molecule has 3 amide bonds. The highest BCUT2D eigenvalue weighted by Gasteiger charge is 2.30. The zero-order valence-corrected chi connectivity index (χ0v) is 13.8. The van der Waals surface area contributed by atoms with Gasteiger partial charge in [-0.05, 0) is 35.7 Å². The van der Waals surface area contributed by atoms with Crippen molar-refractivity contribution in [3.8, 4) is 0 Å². The molecule has 1 aliphatic heterocycles. The van der Waals surface area contributed by atoms with Gasteiger partial charge in [0.1, 0.15) is 0 Å². The summed E-state index contributed by atoms with van der Waals surface area (Å²) in [5, 5.41) is 2.74. The number of anilines is 1. The van der Waals surface area contributed by atoms with Gasteiger partial charge >= 0.3 is 0 Å². The van der Waals surface area contributed by atoms with Crippen LogP contribution in [0.15, 0.2) is 48.5 Å². The minimum atomic E-state index is -0.632. The summed E-state index contributed by atoms with van der Waals surface area (Å²) in [5.74, 6) is -1.67. The molecule has 0 saturated heterocycles. The zero-order chi connectivity index (χ0) is 17.8. The Morgan fingerprint density at radius 3 is 2.52 bits per heavy atom. The average molecular weight is 337 g/mol. The van der Waals surface area contributed by atoms with E-state index >= 15 is 0 Å². The highest BCUT2D eigenvalue weighted by molar-refractivity contribution is 6.02. The summed E-state index contributed by atoms with van der Waals surface area (Å²) >= 11 is 0. The summed E-state index contributed by atoms with van der Waals surface area (Å²) in [5.41, 5.74) is 7.78. The Morgan fingerprint density at radius 2 is 1.80 bits per heavy atom. The highest BCUT2D eigenvalue weighted by Crippen LogP contribution is 2.31. The van der Waals surface area contributed by atoms with E-state index in [0.717, 1.165) is 17.5 Å². The van der Waals surface area contributed by atoms with Crippen LogP contribution in [0, 0.1) is 0 Å². The lowest BCUT2D eigenvalue weighted by atomic mass is 9.90. The lowest BCUT2D eigenvalue weighted by Crippen LogP contribution is -2.45. The molecule has 0 fully saturated rings. The SMILES string of the molecule is CCc1ccc(C(=O)NNC(=O)C2CC(=O)Nc3ccccc32)cc1. The quantitative estimate of drug-likeness (QED) is 0.750. The fourth-order valence-corrected chi connectivity index (χ4v) is 2.81. The standard InChI is InChI=1S/C19H19N3O3/c1-2-12-7-9-13(10-8-12)18(24)21-22-19(25)15-11-17(23)20-16-6-4-3-5-14(15)16/h3-10,15H,2,11H2,1H3,(H,20,23)(H,21,24)(H,22,25). The maximum atomic E-state index is 12.4. The molecule has 3 rings (SSSR count). The molecule has 6 nitrogen and oxygen atoms in total. The second-order valence-electron chi connectivity index (χ2n) is 5.89. The van der Waals surface area contributed by atoms with E-state index in [9.17, 15) is 14.4 Å². The molecule has 2 aromatic carbocycles. The predicted octanol–water partition coefficient (Wildman–Crippen LogP) is 2.14. The molecular weight excluding hydrogens is 318 g/mol. The number of fused-ring (bicyclic) bond motifs is 1. The number of rotatable bonds is 3. The first kappa shape index (κ1) is 16.7. The molecule has 1 aliphatic rings. The molecule has 25 heavy (non-hydrogen) atoms. The molecule has 1 heterocycles. The first-order valence-corrected chi connectivity index (χ1v) is 8.16. The van der Waals surface area contributed by atoms with Crippen molar-refractivity contribution in [1.82, 2.24) is 10.9 Å². The number of amides is 3. The fourth-order valence-electron chi connectivity index (χ4n) is 2.81. The summed E-state index contributed by atoms with van der Waals surface area (Å²) in [4.78, 5) is 36.4. The van der Waals surface area contributed by atoms with Crippen LogP contribution in [0.2, 0.25) is 0 Å². The Balaban J connectivity index is 1.66. The van der Waals surface area contributed by atoms with E-state index < -0.39 is 17.7 Å². The number of carbonyl (C=O) groups excluding carboxylic acids is 3. The van der Waals surface area contributed by atoms with Crippen molar-refractivity contribution in [3.63, 3.8) is 0 Å². The van der Waals surface area contributed by atoms with Gasteiger partial charge in [0, 0.05) is 17.7 Å². The monoisotopic (exact) mass is 337 g/mol. The number of hydrogen-bond acceptors (Lipinski definition) is 3. The highest BCUT2D eigenvalue weighted by atomic mass is 16.2. The summed E-state index contributed by atoms with van der Waals surface area (Å²) in [6.45, 7) is 2.04. The van der Waals surface area contributed by atoms with Crippen LogP contribution in [0.5, 0.6) is 0 Å². The van der Waals surface area contributed by atoms with Gasteiger partial charge < -0.3 is 5.32 Å². The Morgan fingerprint density at radius 1 is 1.08 bits per heavy atom. The van der Waals surface area contributed by atoms with Crippen molar-refractivity contribution in [2.45, 2.75) is 25.7 Å². The maximum absolute atomic E-state index is 12.4. The number of benzene rings is 2. The van der Waals surface area contributed by atoms with Crippen LogP contribution in [0.4, 0.5) is 5.69 Å². The van der Waals surface area contributed by atoms with Crippen molar-refractivity contribution in [3.05, 3.63) is 65.2 Å². The minimum Gasteiger partial charge on any atom is -0.326 e. The molecule has 0 bridgehead atoms. The average Bonchev–Trinajstić information content (AvgIpc) is 2.65. The van der Waals surface area contributed by atoms with Crippen molar-refractivity contribution in [2.24, 2.45) is 0 Å². The van der Waals surface area contributed by atoms with Crippen LogP contribution < -0.4 is 16.2 Å². The van der Waals surface area contributed by atoms with Gasteiger partial charge in [-0.3, -0.25) is 25.2 Å². The lowest BCUT2D eigenvalue weighted by molar-refractivity contribution is -0.126. The van der Waals surface area contributed by atoms with E-state index in [4.69, 9.17) is 0 Å². The molecule has 0 aliphatic carbocycles. The summed E-state index contributed by atoms with van der Waals surface area (Å²) in [6.07, 6.45) is 0.936. The molecule has 0 aromatic heterocycles.